The Labute approximate surface area is 98.9 Å². The Hall–Kier alpha value is -1.56. The molecule has 5 nitrogen and oxygen atoms in total. The molecular weight excluding hydrogens is 221 g/mol. The molecule has 1 unspecified atom stereocenters. The number of imidazole rings is 1. The maximum Gasteiger partial charge on any atom is 0.233 e. The number of aromatic nitrogens is 4. The molecule has 2 aromatic heterocycles. The van der Waals surface area contributed by atoms with Crippen molar-refractivity contribution in [3.8, 4) is 0 Å². The molecule has 17 heavy (non-hydrogen) atoms. The van der Waals surface area contributed by atoms with E-state index in [-0.39, 0.29) is 6.04 Å². The van der Waals surface area contributed by atoms with Gasteiger partial charge in [0, 0.05) is 0 Å². The van der Waals surface area contributed by atoms with Crippen molar-refractivity contribution in [3.63, 3.8) is 0 Å². The lowest BCUT2D eigenvalue weighted by Crippen LogP contribution is -2.14. The van der Waals surface area contributed by atoms with Crippen LogP contribution in [0.5, 0.6) is 0 Å². The number of halogens is 1. The molecule has 0 aliphatic carbocycles. The third-order valence-electron chi connectivity index (χ3n) is 2.59. The fourth-order valence-corrected chi connectivity index (χ4v) is 1.87. The van der Waals surface area contributed by atoms with Gasteiger partial charge in [-0.05, 0) is 19.4 Å². The fourth-order valence-electron chi connectivity index (χ4n) is 1.87. The van der Waals surface area contributed by atoms with Crippen LogP contribution in [0.3, 0.4) is 0 Å². The summed E-state index contributed by atoms with van der Waals surface area (Å²) in [5, 5.41) is 3.31. The van der Waals surface area contributed by atoms with Crippen LogP contribution in [-0.4, -0.2) is 26.5 Å². The van der Waals surface area contributed by atoms with Crippen molar-refractivity contribution in [3.05, 3.63) is 18.0 Å². The second-order valence-electron chi connectivity index (χ2n) is 3.64. The molecule has 0 spiro atoms. The number of fused-ring (bicyclic) bond motifs is 1. The van der Waals surface area contributed by atoms with Crippen molar-refractivity contribution >= 4 is 11.3 Å². The fraction of sp³-hybridized carbons (Fsp3) is 0.545. The highest BCUT2D eigenvalue weighted by atomic mass is 19.1. The largest absolute Gasteiger partial charge is 0.324 e. The highest BCUT2D eigenvalue weighted by Crippen LogP contribution is 2.21. The molecule has 2 aromatic rings. The van der Waals surface area contributed by atoms with Crippen molar-refractivity contribution in [2.24, 2.45) is 0 Å². The van der Waals surface area contributed by atoms with Crippen molar-refractivity contribution < 1.29 is 4.39 Å². The van der Waals surface area contributed by atoms with Gasteiger partial charge < -0.3 is 10.3 Å². The van der Waals surface area contributed by atoms with E-state index in [1.807, 2.05) is 13.8 Å². The minimum atomic E-state index is -0.586. The zero-order valence-corrected chi connectivity index (χ0v) is 10.00. The van der Waals surface area contributed by atoms with Gasteiger partial charge in [-0.1, -0.05) is 13.8 Å². The zero-order chi connectivity index (χ0) is 12.3. The summed E-state index contributed by atoms with van der Waals surface area (Å²) in [4.78, 5) is 14.8. The molecular formula is C11H16FN5. The van der Waals surface area contributed by atoms with Gasteiger partial charge in [0.1, 0.15) is 5.82 Å². The molecule has 0 saturated carbocycles. The first-order chi connectivity index (χ1) is 8.33. The number of nitrogens with one attached hydrogen (secondary N) is 2. The van der Waals surface area contributed by atoms with Crippen LogP contribution in [0.15, 0.2) is 6.20 Å². The Morgan fingerprint density at radius 2 is 2.18 bits per heavy atom. The van der Waals surface area contributed by atoms with E-state index in [0.29, 0.717) is 11.3 Å². The Morgan fingerprint density at radius 3 is 2.88 bits per heavy atom. The molecule has 92 valence electrons. The van der Waals surface area contributed by atoms with Crippen LogP contribution >= 0.6 is 0 Å². The third kappa shape index (κ3) is 2.41. The summed E-state index contributed by atoms with van der Waals surface area (Å²) < 4.78 is 12.8. The number of hydrogen-bond acceptors (Lipinski definition) is 4. The average Bonchev–Trinajstić information content (AvgIpc) is 2.99. The van der Waals surface area contributed by atoms with Crippen molar-refractivity contribution in [1.82, 2.24) is 25.3 Å². The molecule has 1 aliphatic rings. The molecule has 1 atom stereocenters. The normalized spacial score (nSPS) is 19.1. The monoisotopic (exact) mass is 237 g/mol. The van der Waals surface area contributed by atoms with E-state index in [1.165, 1.54) is 0 Å². The van der Waals surface area contributed by atoms with Crippen LogP contribution < -0.4 is 5.32 Å². The minimum Gasteiger partial charge on any atom is -0.324 e. The topological polar surface area (TPSA) is 66.5 Å². The number of nitrogens with zero attached hydrogens (tertiary/aromatic N) is 3. The summed E-state index contributed by atoms with van der Waals surface area (Å²) in [6, 6.07) is 0.226. The van der Waals surface area contributed by atoms with E-state index in [9.17, 15) is 4.39 Å². The van der Waals surface area contributed by atoms with Gasteiger partial charge in [-0.15, -0.1) is 0 Å². The standard InChI is InChI=1S/C9H10FN5.C2H6/c10-6-4-12-8-9(13-6)15-7(14-8)5-2-1-3-11-5;1-2/h4-5,11H,1-3H2,(H,12,13,14,15);1-2H3. The summed E-state index contributed by atoms with van der Waals surface area (Å²) >= 11 is 0. The molecule has 0 amide bonds. The van der Waals surface area contributed by atoms with Gasteiger partial charge in [-0.2, -0.15) is 9.37 Å². The SMILES string of the molecule is CC.Fc1cnc2nc(C3CCCN3)[nH]c2n1. The van der Waals surface area contributed by atoms with Gasteiger partial charge in [0.05, 0.1) is 12.2 Å². The Bertz CT molecular complexity index is 490. The van der Waals surface area contributed by atoms with E-state index in [2.05, 4.69) is 25.3 Å². The lowest BCUT2D eigenvalue weighted by Gasteiger charge is -2.03. The van der Waals surface area contributed by atoms with Crippen molar-refractivity contribution in [2.45, 2.75) is 32.7 Å². The smallest absolute Gasteiger partial charge is 0.233 e. The molecule has 6 heteroatoms. The second-order valence-corrected chi connectivity index (χ2v) is 3.64. The lowest BCUT2D eigenvalue weighted by atomic mass is 10.2. The van der Waals surface area contributed by atoms with Crippen LogP contribution in [0.2, 0.25) is 0 Å². The molecule has 1 fully saturated rings. The maximum atomic E-state index is 12.8. The van der Waals surface area contributed by atoms with Crippen molar-refractivity contribution in [1.29, 1.82) is 0 Å². The van der Waals surface area contributed by atoms with Gasteiger partial charge in [0.2, 0.25) is 5.95 Å². The second kappa shape index (κ2) is 5.18. The molecule has 2 N–H and O–H groups in total. The summed E-state index contributed by atoms with van der Waals surface area (Å²) in [6.07, 6.45) is 3.26. The van der Waals surface area contributed by atoms with E-state index >= 15 is 0 Å². The Morgan fingerprint density at radius 1 is 1.35 bits per heavy atom. The van der Waals surface area contributed by atoms with Gasteiger partial charge in [-0.3, -0.25) is 0 Å². The van der Waals surface area contributed by atoms with Crippen LogP contribution in [0.4, 0.5) is 4.39 Å². The first-order valence-electron chi connectivity index (χ1n) is 5.94. The highest BCUT2D eigenvalue weighted by molar-refractivity contribution is 5.64. The Kier molecular flexibility index (Phi) is 3.63. The third-order valence-corrected chi connectivity index (χ3v) is 2.59. The predicted molar refractivity (Wildman–Crippen MR) is 63.0 cm³/mol. The minimum absolute atomic E-state index is 0.226. The van der Waals surface area contributed by atoms with Crippen LogP contribution in [0, 0.1) is 5.95 Å². The van der Waals surface area contributed by atoms with E-state index in [0.717, 1.165) is 31.4 Å². The highest BCUT2D eigenvalue weighted by Gasteiger charge is 2.20. The molecule has 3 heterocycles. The maximum absolute atomic E-state index is 12.8. The first-order valence-corrected chi connectivity index (χ1v) is 5.94. The zero-order valence-electron chi connectivity index (χ0n) is 10.00. The predicted octanol–water partition coefficient (Wildman–Crippen LogP) is 1.94. The molecule has 0 bridgehead atoms. The van der Waals surface area contributed by atoms with Gasteiger partial charge in [0.25, 0.3) is 0 Å². The van der Waals surface area contributed by atoms with E-state index < -0.39 is 5.95 Å². The molecule has 3 rings (SSSR count). The van der Waals surface area contributed by atoms with Gasteiger partial charge in [0.15, 0.2) is 11.3 Å². The lowest BCUT2D eigenvalue weighted by molar-refractivity contribution is 0.582. The Balaban J connectivity index is 0.000000514. The number of rotatable bonds is 1. The quantitative estimate of drug-likeness (QED) is 0.795. The van der Waals surface area contributed by atoms with Gasteiger partial charge >= 0.3 is 0 Å². The summed E-state index contributed by atoms with van der Waals surface area (Å²) in [5.74, 6) is 0.213. The first kappa shape index (κ1) is 11.9. The molecule has 0 aromatic carbocycles. The summed E-state index contributed by atoms with van der Waals surface area (Å²) in [6.45, 7) is 5.00. The van der Waals surface area contributed by atoms with E-state index in [1.54, 1.807) is 0 Å². The molecule has 1 aliphatic heterocycles. The summed E-state index contributed by atoms with van der Waals surface area (Å²) in [5.41, 5.74) is 0.888. The van der Waals surface area contributed by atoms with Gasteiger partial charge in [-0.25, -0.2) is 9.97 Å². The molecule has 0 radical (unpaired) electrons. The van der Waals surface area contributed by atoms with Crippen LogP contribution in [0.1, 0.15) is 38.6 Å². The van der Waals surface area contributed by atoms with Crippen LogP contribution in [-0.2, 0) is 0 Å². The van der Waals surface area contributed by atoms with Crippen LogP contribution in [0.25, 0.3) is 11.3 Å². The number of hydrogen-bond donors (Lipinski definition) is 2. The molecule has 1 saturated heterocycles. The number of aromatic amines is 1. The number of H-pyrrole nitrogens is 1. The van der Waals surface area contributed by atoms with Crippen molar-refractivity contribution in [2.75, 3.05) is 6.54 Å². The average molecular weight is 237 g/mol. The summed E-state index contributed by atoms with van der Waals surface area (Å²) in [7, 11) is 0. The van der Waals surface area contributed by atoms with E-state index in [4.69, 9.17) is 0 Å².